The SMILES string of the molecule is CCCNc1nccc(C(=O)N2CCC(C)C(O)C2)c1F. The second kappa shape index (κ2) is 6.85. The molecule has 0 radical (unpaired) electrons. The van der Waals surface area contributed by atoms with Crippen LogP contribution >= 0.6 is 0 Å². The lowest BCUT2D eigenvalue weighted by Crippen LogP contribution is -2.46. The second-order valence-electron chi connectivity index (χ2n) is 5.53. The highest BCUT2D eigenvalue weighted by Crippen LogP contribution is 2.21. The molecule has 2 rings (SSSR count). The molecule has 0 bridgehead atoms. The van der Waals surface area contributed by atoms with Crippen molar-refractivity contribution < 1.29 is 14.3 Å². The summed E-state index contributed by atoms with van der Waals surface area (Å²) in [5.74, 6) is -0.740. The third kappa shape index (κ3) is 3.50. The predicted octanol–water partition coefficient (Wildman–Crippen LogP) is 1.89. The van der Waals surface area contributed by atoms with Gasteiger partial charge in [0.15, 0.2) is 11.6 Å². The maximum atomic E-state index is 14.3. The molecule has 1 aliphatic heterocycles. The fraction of sp³-hybridized carbons (Fsp3) is 0.600. The summed E-state index contributed by atoms with van der Waals surface area (Å²) < 4.78 is 14.3. The van der Waals surface area contributed by atoms with Gasteiger partial charge in [-0.1, -0.05) is 13.8 Å². The van der Waals surface area contributed by atoms with Crippen LogP contribution in [0.15, 0.2) is 12.3 Å². The number of rotatable bonds is 4. The third-order valence-corrected chi connectivity index (χ3v) is 3.87. The van der Waals surface area contributed by atoms with Gasteiger partial charge >= 0.3 is 0 Å². The zero-order valence-corrected chi connectivity index (χ0v) is 12.5. The van der Waals surface area contributed by atoms with Crippen LogP contribution in [-0.4, -0.2) is 46.6 Å². The van der Waals surface area contributed by atoms with Crippen LogP contribution in [0.2, 0.25) is 0 Å². The topological polar surface area (TPSA) is 65.5 Å². The minimum absolute atomic E-state index is 0.00496. The summed E-state index contributed by atoms with van der Waals surface area (Å²) >= 11 is 0. The van der Waals surface area contributed by atoms with Gasteiger partial charge in [-0.3, -0.25) is 4.79 Å². The van der Waals surface area contributed by atoms with E-state index in [2.05, 4.69) is 10.3 Å². The van der Waals surface area contributed by atoms with Gasteiger partial charge in [0.2, 0.25) is 0 Å². The summed E-state index contributed by atoms with van der Waals surface area (Å²) in [6, 6.07) is 1.39. The molecular weight excluding hydrogens is 273 g/mol. The zero-order chi connectivity index (χ0) is 15.4. The molecule has 0 spiro atoms. The first-order valence-corrected chi connectivity index (χ1v) is 7.40. The van der Waals surface area contributed by atoms with E-state index in [1.165, 1.54) is 17.2 Å². The number of halogens is 1. The number of aliphatic hydroxyl groups excluding tert-OH is 1. The van der Waals surface area contributed by atoms with Crippen LogP contribution < -0.4 is 5.32 Å². The van der Waals surface area contributed by atoms with Gasteiger partial charge in [0, 0.05) is 25.8 Å². The quantitative estimate of drug-likeness (QED) is 0.890. The number of aromatic nitrogens is 1. The number of pyridine rings is 1. The fourth-order valence-corrected chi connectivity index (χ4v) is 2.38. The van der Waals surface area contributed by atoms with Crippen LogP contribution in [0.4, 0.5) is 10.2 Å². The molecule has 1 aliphatic rings. The summed E-state index contributed by atoms with van der Waals surface area (Å²) in [6.45, 7) is 5.31. The van der Waals surface area contributed by atoms with Crippen molar-refractivity contribution in [1.82, 2.24) is 9.88 Å². The van der Waals surface area contributed by atoms with E-state index in [0.29, 0.717) is 13.1 Å². The molecule has 2 unspecified atom stereocenters. The van der Waals surface area contributed by atoms with Crippen molar-refractivity contribution >= 4 is 11.7 Å². The normalized spacial score (nSPS) is 22.2. The van der Waals surface area contributed by atoms with Gasteiger partial charge in [-0.15, -0.1) is 0 Å². The van der Waals surface area contributed by atoms with Gasteiger partial charge in [-0.05, 0) is 24.8 Å². The molecule has 0 aromatic carbocycles. The Kier molecular flexibility index (Phi) is 5.12. The van der Waals surface area contributed by atoms with E-state index in [0.717, 1.165) is 12.8 Å². The fourth-order valence-electron chi connectivity index (χ4n) is 2.38. The Balaban J connectivity index is 2.15. The Bertz CT molecular complexity index is 510. The Hall–Kier alpha value is -1.69. The van der Waals surface area contributed by atoms with Crippen LogP contribution in [0.25, 0.3) is 0 Å². The smallest absolute Gasteiger partial charge is 0.257 e. The van der Waals surface area contributed by atoms with Crippen molar-refractivity contribution in [3.63, 3.8) is 0 Å². The lowest BCUT2D eigenvalue weighted by Gasteiger charge is -2.34. The molecule has 0 saturated carbocycles. The lowest BCUT2D eigenvalue weighted by atomic mass is 9.95. The van der Waals surface area contributed by atoms with Gasteiger partial charge in [-0.25, -0.2) is 9.37 Å². The molecule has 1 aromatic rings. The molecule has 5 nitrogen and oxygen atoms in total. The number of anilines is 1. The highest BCUT2D eigenvalue weighted by atomic mass is 19.1. The van der Waals surface area contributed by atoms with Gasteiger partial charge in [0.25, 0.3) is 5.91 Å². The van der Waals surface area contributed by atoms with Crippen LogP contribution in [0.3, 0.4) is 0 Å². The van der Waals surface area contributed by atoms with E-state index in [1.54, 1.807) is 0 Å². The van der Waals surface area contributed by atoms with Crippen molar-refractivity contribution in [3.8, 4) is 0 Å². The van der Waals surface area contributed by atoms with Gasteiger partial charge in [0.1, 0.15) is 0 Å². The van der Waals surface area contributed by atoms with Gasteiger partial charge in [0.05, 0.1) is 11.7 Å². The first kappa shape index (κ1) is 15.7. The number of β-amino-alcohol motifs (C(OH)–C–C–N with tert-alkyl or cyclic N) is 1. The standard InChI is InChI=1S/C15H22FN3O2/c1-3-6-17-14-13(16)11(4-7-18-14)15(21)19-8-5-10(2)12(20)9-19/h4,7,10,12,20H,3,5-6,8-9H2,1-2H3,(H,17,18). The maximum absolute atomic E-state index is 14.3. The van der Waals surface area contributed by atoms with E-state index in [9.17, 15) is 14.3 Å². The van der Waals surface area contributed by atoms with Crippen LogP contribution in [-0.2, 0) is 0 Å². The van der Waals surface area contributed by atoms with E-state index in [1.807, 2.05) is 13.8 Å². The maximum Gasteiger partial charge on any atom is 0.257 e. The average Bonchev–Trinajstić information content (AvgIpc) is 2.48. The largest absolute Gasteiger partial charge is 0.391 e. The number of hydrogen-bond acceptors (Lipinski definition) is 4. The molecule has 2 N–H and O–H groups in total. The average molecular weight is 295 g/mol. The minimum Gasteiger partial charge on any atom is -0.391 e. The van der Waals surface area contributed by atoms with E-state index >= 15 is 0 Å². The highest BCUT2D eigenvalue weighted by molar-refractivity contribution is 5.95. The van der Waals surface area contributed by atoms with E-state index in [4.69, 9.17) is 0 Å². The zero-order valence-electron chi connectivity index (χ0n) is 12.5. The van der Waals surface area contributed by atoms with Gasteiger partial charge in [-0.2, -0.15) is 0 Å². The summed E-state index contributed by atoms with van der Waals surface area (Å²) in [6.07, 6.45) is 2.44. The summed E-state index contributed by atoms with van der Waals surface area (Å²) in [4.78, 5) is 17.8. The van der Waals surface area contributed by atoms with E-state index in [-0.39, 0.29) is 29.8 Å². The Labute approximate surface area is 124 Å². The Morgan fingerprint density at radius 1 is 1.62 bits per heavy atom. The summed E-state index contributed by atoms with van der Waals surface area (Å²) in [5, 5.41) is 12.7. The van der Waals surface area contributed by atoms with Crippen LogP contribution in [0.5, 0.6) is 0 Å². The van der Waals surface area contributed by atoms with E-state index < -0.39 is 11.9 Å². The number of piperidine rings is 1. The van der Waals surface area contributed by atoms with Crippen molar-refractivity contribution in [2.75, 3.05) is 25.0 Å². The van der Waals surface area contributed by atoms with Crippen molar-refractivity contribution in [3.05, 3.63) is 23.6 Å². The molecule has 116 valence electrons. The van der Waals surface area contributed by atoms with Crippen molar-refractivity contribution in [1.29, 1.82) is 0 Å². The van der Waals surface area contributed by atoms with Crippen molar-refractivity contribution in [2.45, 2.75) is 32.8 Å². The number of hydrogen-bond donors (Lipinski definition) is 2. The number of likely N-dealkylation sites (tertiary alicyclic amines) is 1. The molecule has 1 aromatic heterocycles. The number of aliphatic hydroxyl groups is 1. The number of nitrogens with zero attached hydrogens (tertiary/aromatic N) is 2. The third-order valence-electron chi connectivity index (χ3n) is 3.87. The lowest BCUT2D eigenvalue weighted by molar-refractivity contribution is 0.0246. The highest BCUT2D eigenvalue weighted by Gasteiger charge is 2.29. The Morgan fingerprint density at radius 2 is 2.38 bits per heavy atom. The molecular formula is C15H22FN3O2. The minimum atomic E-state index is -0.621. The monoisotopic (exact) mass is 295 g/mol. The molecule has 1 amide bonds. The molecule has 0 aliphatic carbocycles. The Morgan fingerprint density at radius 3 is 3.05 bits per heavy atom. The van der Waals surface area contributed by atoms with Gasteiger partial charge < -0.3 is 15.3 Å². The summed E-state index contributed by atoms with van der Waals surface area (Å²) in [5.41, 5.74) is 0.00496. The second-order valence-corrected chi connectivity index (χ2v) is 5.53. The molecule has 21 heavy (non-hydrogen) atoms. The molecule has 6 heteroatoms. The van der Waals surface area contributed by atoms with Crippen LogP contribution in [0.1, 0.15) is 37.0 Å². The van der Waals surface area contributed by atoms with Crippen LogP contribution in [0, 0.1) is 11.7 Å². The number of carbonyl (C=O) groups is 1. The predicted molar refractivity (Wildman–Crippen MR) is 78.7 cm³/mol. The molecule has 1 saturated heterocycles. The molecule has 1 fully saturated rings. The van der Waals surface area contributed by atoms with Crippen molar-refractivity contribution in [2.24, 2.45) is 5.92 Å². The first-order chi connectivity index (χ1) is 10.0. The number of nitrogens with one attached hydrogen (secondary N) is 1. The molecule has 2 heterocycles. The number of carbonyl (C=O) groups excluding carboxylic acids is 1. The first-order valence-electron chi connectivity index (χ1n) is 7.40. The number of amides is 1. The molecule has 2 atom stereocenters. The summed E-state index contributed by atoms with van der Waals surface area (Å²) in [7, 11) is 0.